The third-order valence-corrected chi connectivity index (χ3v) is 1.52. The number of rotatable bonds is 0. The van der Waals surface area contributed by atoms with Gasteiger partial charge < -0.3 is 10.6 Å². The summed E-state index contributed by atoms with van der Waals surface area (Å²) in [5, 5.41) is 6.44. The summed E-state index contributed by atoms with van der Waals surface area (Å²) < 4.78 is 0. The molecule has 0 atom stereocenters. The van der Waals surface area contributed by atoms with Crippen molar-refractivity contribution in [3.63, 3.8) is 0 Å². The Morgan fingerprint density at radius 3 is 0.950 bits per heavy atom. The topological polar surface area (TPSA) is 37.0 Å². The van der Waals surface area contributed by atoms with E-state index in [9.17, 15) is 0 Å². The minimum absolute atomic E-state index is 1.14. The molecular formula is C17H39N3. The van der Waals surface area contributed by atoms with Crippen LogP contribution >= 0.6 is 0 Å². The lowest BCUT2D eigenvalue weighted by Gasteiger charge is -2.11. The molecule has 0 bridgehead atoms. The number of pyridine rings is 1. The van der Waals surface area contributed by atoms with Gasteiger partial charge in [-0.25, -0.2) is 0 Å². The summed E-state index contributed by atoms with van der Waals surface area (Å²) in [6, 6.07) is 5.72. The zero-order valence-electron chi connectivity index (χ0n) is 15.2. The van der Waals surface area contributed by atoms with E-state index >= 15 is 0 Å². The third-order valence-electron chi connectivity index (χ3n) is 1.52. The molecule has 20 heavy (non-hydrogen) atoms. The normalized spacial score (nSPS) is 10.8. The van der Waals surface area contributed by atoms with Crippen LogP contribution in [0.25, 0.3) is 0 Å². The van der Waals surface area contributed by atoms with E-state index < -0.39 is 0 Å². The fourth-order valence-corrected chi connectivity index (χ4v) is 0.916. The number of hydrogen-bond donors (Lipinski definition) is 2. The molecule has 3 heteroatoms. The van der Waals surface area contributed by atoms with Crippen molar-refractivity contribution in [2.45, 2.75) is 55.4 Å². The number of piperazine rings is 1. The van der Waals surface area contributed by atoms with E-state index in [0.29, 0.717) is 0 Å². The Kier molecular flexibility index (Phi) is 58.9. The van der Waals surface area contributed by atoms with E-state index in [2.05, 4.69) is 15.6 Å². The van der Waals surface area contributed by atoms with Gasteiger partial charge in [-0.05, 0) is 12.1 Å². The molecule has 0 unspecified atom stereocenters. The van der Waals surface area contributed by atoms with Crippen molar-refractivity contribution < 1.29 is 0 Å². The van der Waals surface area contributed by atoms with Crippen molar-refractivity contribution in [1.29, 1.82) is 0 Å². The molecule has 0 aromatic carbocycles. The Morgan fingerprint density at radius 1 is 0.550 bits per heavy atom. The monoisotopic (exact) mass is 285 g/mol. The predicted octanol–water partition coefficient (Wildman–Crippen LogP) is 4.37. The molecule has 2 N–H and O–H groups in total. The van der Waals surface area contributed by atoms with Gasteiger partial charge in [-0.3, -0.25) is 4.98 Å². The standard InChI is InChI=1S/C5H5N.C4H10N2.4C2H6/c1-2-4-6-5-3-1;1-2-6-4-3-5-1;4*1-2/h1-5H;5-6H,1-4H2;4*1-2H3. The average molecular weight is 286 g/mol. The summed E-state index contributed by atoms with van der Waals surface area (Å²) in [5.41, 5.74) is 0. The molecule has 0 radical (unpaired) electrons. The molecule has 1 aliphatic heterocycles. The summed E-state index contributed by atoms with van der Waals surface area (Å²) in [6.07, 6.45) is 3.50. The first-order chi connectivity index (χ1) is 10.0. The van der Waals surface area contributed by atoms with Gasteiger partial charge in [-0.15, -0.1) is 0 Å². The molecule has 1 aromatic heterocycles. The first-order valence-electron chi connectivity index (χ1n) is 8.26. The van der Waals surface area contributed by atoms with Crippen LogP contribution in [0.2, 0.25) is 0 Å². The molecule has 0 saturated carbocycles. The van der Waals surface area contributed by atoms with Gasteiger partial charge in [0.15, 0.2) is 0 Å². The average Bonchev–Trinajstić information content (AvgIpc) is 2.65. The minimum Gasteiger partial charge on any atom is -0.314 e. The summed E-state index contributed by atoms with van der Waals surface area (Å²) in [7, 11) is 0. The van der Waals surface area contributed by atoms with E-state index in [-0.39, 0.29) is 0 Å². The first kappa shape index (κ1) is 27.4. The summed E-state index contributed by atoms with van der Waals surface area (Å²) in [4.78, 5) is 3.78. The van der Waals surface area contributed by atoms with Crippen LogP contribution in [0, 0.1) is 0 Å². The van der Waals surface area contributed by atoms with Crippen molar-refractivity contribution in [3.8, 4) is 0 Å². The van der Waals surface area contributed by atoms with Gasteiger partial charge in [0.1, 0.15) is 0 Å². The van der Waals surface area contributed by atoms with Gasteiger partial charge in [-0.1, -0.05) is 61.5 Å². The van der Waals surface area contributed by atoms with Gasteiger partial charge in [-0.2, -0.15) is 0 Å². The molecular weight excluding hydrogens is 246 g/mol. The second-order valence-corrected chi connectivity index (χ2v) is 2.52. The van der Waals surface area contributed by atoms with Crippen molar-refractivity contribution in [2.24, 2.45) is 0 Å². The van der Waals surface area contributed by atoms with Crippen LogP contribution < -0.4 is 10.6 Å². The zero-order valence-corrected chi connectivity index (χ0v) is 15.2. The Labute approximate surface area is 128 Å². The molecule has 3 nitrogen and oxygen atoms in total. The molecule has 0 amide bonds. The van der Waals surface area contributed by atoms with E-state index in [1.54, 1.807) is 12.4 Å². The van der Waals surface area contributed by atoms with Gasteiger partial charge in [0.05, 0.1) is 0 Å². The largest absolute Gasteiger partial charge is 0.314 e. The first-order valence-corrected chi connectivity index (χ1v) is 8.26. The highest BCUT2D eigenvalue weighted by atomic mass is 15.0. The highest BCUT2D eigenvalue weighted by molar-refractivity contribution is 4.88. The molecule has 1 saturated heterocycles. The summed E-state index contributed by atoms with van der Waals surface area (Å²) >= 11 is 0. The van der Waals surface area contributed by atoms with Crippen LogP contribution in [-0.2, 0) is 0 Å². The zero-order chi connectivity index (χ0) is 16.5. The van der Waals surface area contributed by atoms with Crippen LogP contribution in [0.15, 0.2) is 30.6 Å². The maximum absolute atomic E-state index is 3.78. The predicted molar refractivity (Wildman–Crippen MR) is 95.4 cm³/mol. The molecule has 1 fully saturated rings. The maximum Gasteiger partial charge on any atom is 0.0267 e. The van der Waals surface area contributed by atoms with E-state index in [4.69, 9.17) is 0 Å². The van der Waals surface area contributed by atoms with Crippen LogP contribution in [0.4, 0.5) is 0 Å². The Hall–Kier alpha value is -0.930. The van der Waals surface area contributed by atoms with Crippen LogP contribution in [-0.4, -0.2) is 31.2 Å². The number of aromatic nitrogens is 1. The highest BCUT2D eigenvalue weighted by Gasteiger charge is 1.91. The molecule has 0 spiro atoms. The fraction of sp³-hybridized carbons (Fsp3) is 0.706. The smallest absolute Gasteiger partial charge is 0.0267 e. The summed E-state index contributed by atoms with van der Waals surface area (Å²) in [6.45, 7) is 20.6. The SMILES string of the molecule is C1CNCCN1.CC.CC.CC.CC.c1ccncc1. The Balaban J connectivity index is -0.0000000863. The van der Waals surface area contributed by atoms with Gasteiger partial charge in [0.2, 0.25) is 0 Å². The van der Waals surface area contributed by atoms with Crippen molar-refractivity contribution >= 4 is 0 Å². The second kappa shape index (κ2) is 43.0. The van der Waals surface area contributed by atoms with E-state index in [0.717, 1.165) is 26.2 Å². The maximum atomic E-state index is 3.78. The van der Waals surface area contributed by atoms with Crippen molar-refractivity contribution in [2.75, 3.05) is 26.2 Å². The van der Waals surface area contributed by atoms with Gasteiger partial charge in [0, 0.05) is 38.6 Å². The molecule has 2 rings (SSSR count). The molecule has 0 aliphatic carbocycles. The molecule has 122 valence electrons. The summed E-state index contributed by atoms with van der Waals surface area (Å²) in [5.74, 6) is 0. The van der Waals surface area contributed by atoms with Gasteiger partial charge >= 0.3 is 0 Å². The number of nitrogens with one attached hydrogen (secondary N) is 2. The minimum atomic E-state index is 1.14. The number of hydrogen-bond acceptors (Lipinski definition) is 3. The molecule has 1 aromatic rings. The lowest BCUT2D eigenvalue weighted by molar-refractivity contribution is 0.534. The van der Waals surface area contributed by atoms with Crippen LogP contribution in [0.1, 0.15) is 55.4 Å². The van der Waals surface area contributed by atoms with E-state index in [1.807, 2.05) is 73.6 Å². The lowest BCUT2D eigenvalue weighted by atomic mass is 10.4. The molecule has 1 aliphatic rings. The highest BCUT2D eigenvalue weighted by Crippen LogP contribution is 1.73. The number of nitrogens with zero attached hydrogens (tertiary/aromatic N) is 1. The fourth-order valence-electron chi connectivity index (χ4n) is 0.916. The van der Waals surface area contributed by atoms with Crippen molar-refractivity contribution in [3.05, 3.63) is 30.6 Å². The Bertz CT molecular complexity index is 137. The molecule has 2 heterocycles. The lowest BCUT2D eigenvalue weighted by Crippen LogP contribution is -2.39. The van der Waals surface area contributed by atoms with Crippen LogP contribution in [0.5, 0.6) is 0 Å². The van der Waals surface area contributed by atoms with Crippen molar-refractivity contribution in [1.82, 2.24) is 15.6 Å². The Morgan fingerprint density at radius 2 is 0.850 bits per heavy atom. The van der Waals surface area contributed by atoms with Crippen LogP contribution in [0.3, 0.4) is 0 Å². The van der Waals surface area contributed by atoms with E-state index in [1.165, 1.54) is 0 Å². The third kappa shape index (κ3) is 36.0. The second-order valence-electron chi connectivity index (χ2n) is 2.52. The van der Waals surface area contributed by atoms with Gasteiger partial charge in [0.25, 0.3) is 0 Å². The quantitative estimate of drug-likeness (QED) is 0.743.